The lowest BCUT2D eigenvalue weighted by Crippen LogP contribution is -2.11. The number of carbonyl (C=O) groups is 1. The van der Waals surface area contributed by atoms with Crippen LogP contribution < -0.4 is 0 Å². The molecule has 0 heterocycles. The van der Waals surface area contributed by atoms with E-state index in [1.165, 1.54) is 25.7 Å². The molecule has 1 rings (SSSR count). The Bertz CT molecular complexity index is 181. The maximum absolute atomic E-state index is 10.7. The van der Waals surface area contributed by atoms with Crippen LogP contribution in [0.2, 0.25) is 0 Å². The van der Waals surface area contributed by atoms with Gasteiger partial charge in [-0.2, -0.15) is 0 Å². The van der Waals surface area contributed by atoms with Gasteiger partial charge in [0.25, 0.3) is 0 Å². The highest BCUT2D eigenvalue weighted by atomic mass is 16.1. The van der Waals surface area contributed by atoms with Gasteiger partial charge in [0, 0.05) is 0 Å². The molecule has 0 spiro atoms. The number of ketones is 1. The Balaban J connectivity index is 2.36. The Hall–Kier alpha value is -0.590. The third-order valence-corrected chi connectivity index (χ3v) is 2.58. The molecule has 2 atom stereocenters. The fraction of sp³-hybridized carbons (Fsp3) is 0.727. The molecule has 1 heteroatoms. The van der Waals surface area contributed by atoms with Crippen LogP contribution >= 0.6 is 0 Å². The van der Waals surface area contributed by atoms with Gasteiger partial charge in [-0.25, -0.2) is 0 Å². The van der Waals surface area contributed by atoms with E-state index in [0.29, 0.717) is 5.92 Å². The van der Waals surface area contributed by atoms with Gasteiger partial charge in [0.15, 0.2) is 5.78 Å². The Morgan fingerprint density at radius 1 is 1.42 bits per heavy atom. The average Bonchev–Trinajstić information content (AvgIpc) is 2.01. The van der Waals surface area contributed by atoms with Gasteiger partial charge in [-0.1, -0.05) is 25.8 Å². The van der Waals surface area contributed by atoms with E-state index < -0.39 is 0 Å². The first kappa shape index (κ1) is 9.50. The molecule has 0 radical (unpaired) electrons. The van der Waals surface area contributed by atoms with E-state index in [4.69, 9.17) is 0 Å². The molecule has 12 heavy (non-hydrogen) atoms. The quantitative estimate of drug-likeness (QED) is 0.576. The summed E-state index contributed by atoms with van der Waals surface area (Å²) in [6.07, 6.45) is 9.05. The van der Waals surface area contributed by atoms with Crippen LogP contribution in [-0.2, 0) is 4.79 Å². The zero-order valence-electron chi connectivity index (χ0n) is 8.05. The second-order valence-corrected chi connectivity index (χ2v) is 4.00. The number of hydrogen-bond acceptors (Lipinski definition) is 1. The van der Waals surface area contributed by atoms with Crippen LogP contribution in [0.1, 0.15) is 39.5 Å². The fourth-order valence-electron chi connectivity index (χ4n) is 1.93. The SMILES string of the molecule is CC(=O)/C=C/C1CCCC(C)C1. The second kappa shape index (κ2) is 4.44. The zero-order chi connectivity index (χ0) is 8.97. The number of hydrogen-bond donors (Lipinski definition) is 0. The van der Waals surface area contributed by atoms with Gasteiger partial charge < -0.3 is 0 Å². The van der Waals surface area contributed by atoms with Gasteiger partial charge >= 0.3 is 0 Å². The molecule has 0 N–H and O–H groups in total. The molecule has 1 nitrogen and oxygen atoms in total. The molecule has 1 aliphatic carbocycles. The van der Waals surface area contributed by atoms with E-state index in [2.05, 4.69) is 13.0 Å². The van der Waals surface area contributed by atoms with Gasteiger partial charge in [0.1, 0.15) is 0 Å². The van der Waals surface area contributed by atoms with Gasteiger partial charge in [0.05, 0.1) is 0 Å². The van der Waals surface area contributed by atoms with E-state index >= 15 is 0 Å². The maximum atomic E-state index is 10.7. The van der Waals surface area contributed by atoms with Crippen LogP contribution in [-0.4, -0.2) is 5.78 Å². The summed E-state index contributed by atoms with van der Waals surface area (Å²) in [5.41, 5.74) is 0. The Labute approximate surface area is 74.9 Å². The van der Waals surface area contributed by atoms with E-state index in [9.17, 15) is 4.79 Å². The number of allylic oxidation sites excluding steroid dienone is 2. The fourth-order valence-corrected chi connectivity index (χ4v) is 1.93. The molecule has 2 unspecified atom stereocenters. The predicted molar refractivity (Wildman–Crippen MR) is 50.9 cm³/mol. The highest BCUT2D eigenvalue weighted by molar-refractivity contribution is 5.87. The van der Waals surface area contributed by atoms with Gasteiger partial charge in [-0.05, 0) is 37.7 Å². The van der Waals surface area contributed by atoms with Crippen molar-refractivity contribution < 1.29 is 4.79 Å². The molecule has 0 amide bonds. The summed E-state index contributed by atoms with van der Waals surface area (Å²) in [4.78, 5) is 10.7. The minimum absolute atomic E-state index is 0.174. The van der Waals surface area contributed by atoms with Crippen LogP contribution in [0.25, 0.3) is 0 Å². The predicted octanol–water partition coefficient (Wildman–Crippen LogP) is 2.96. The first-order chi connectivity index (χ1) is 5.68. The lowest BCUT2D eigenvalue weighted by Gasteiger charge is -2.23. The van der Waals surface area contributed by atoms with Crippen molar-refractivity contribution in [3.63, 3.8) is 0 Å². The molecule has 68 valence electrons. The third kappa shape index (κ3) is 3.21. The summed E-state index contributed by atoms with van der Waals surface area (Å²) in [5.74, 6) is 1.69. The van der Waals surface area contributed by atoms with Crippen LogP contribution in [0.3, 0.4) is 0 Å². The minimum atomic E-state index is 0.174. The van der Waals surface area contributed by atoms with Crippen molar-refractivity contribution in [2.75, 3.05) is 0 Å². The monoisotopic (exact) mass is 166 g/mol. The normalized spacial score (nSPS) is 30.8. The van der Waals surface area contributed by atoms with Crippen molar-refractivity contribution in [2.24, 2.45) is 11.8 Å². The molecular weight excluding hydrogens is 148 g/mol. The molecule has 1 saturated carbocycles. The van der Waals surface area contributed by atoms with E-state index in [0.717, 1.165) is 5.92 Å². The van der Waals surface area contributed by atoms with Crippen LogP contribution in [0.15, 0.2) is 12.2 Å². The summed E-state index contributed by atoms with van der Waals surface area (Å²) < 4.78 is 0. The summed E-state index contributed by atoms with van der Waals surface area (Å²) in [7, 11) is 0. The molecule has 0 aromatic heterocycles. The topological polar surface area (TPSA) is 17.1 Å². The summed E-state index contributed by atoms with van der Waals surface area (Å²) in [6, 6.07) is 0. The molecule has 0 bridgehead atoms. The average molecular weight is 166 g/mol. The largest absolute Gasteiger partial charge is 0.295 e. The first-order valence-corrected chi connectivity index (χ1v) is 4.87. The van der Waals surface area contributed by atoms with Crippen molar-refractivity contribution in [1.82, 2.24) is 0 Å². The lowest BCUT2D eigenvalue weighted by atomic mass is 9.82. The molecule has 1 aliphatic rings. The minimum Gasteiger partial charge on any atom is -0.295 e. The Kier molecular flexibility index (Phi) is 3.51. The lowest BCUT2D eigenvalue weighted by molar-refractivity contribution is -0.112. The molecular formula is C11H18O. The van der Waals surface area contributed by atoms with Crippen LogP contribution in [0.5, 0.6) is 0 Å². The van der Waals surface area contributed by atoms with E-state index in [1.54, 1.807) is 13.0 Å². The molecule has 1 fully saturated rings. The van der Waals surface area contributed by atoms with Crippen molar-refractivity contribution in [1.29, 1.82) is 0 Å². The van der Waals surface area contributed by atoms with E-state index in [-0.39, 0.29) is 5.78 Å². The standard InChI is InChI=1S/C11H18O/c1-9-4-3-5-11(8-9)7-6-10(2)12/h6-7,9,11H,3-5,8H2,1-2H3/b7-6+. The maximum Gasteiger partial charge on any atom is 0.152 e. The highest BCUT2D eigenvalue weighted by Gasteiger charge is 2.15. The zero-order valence-corrected chi connectivity index (χ0v) is 8.05. The number of rotatable bonds is 2. The number of carbonyl (C=O) groups excluding carboxylic acids is 1. The van der Waals surface area contributed by atoms with Crippen LogP contribution in [0.4, 0.5) is 0 Å². The van der Waals surface area contributed by atoms with Gasteiger partial charge in [0.2, 0.25) is 0 Å². The van der Waals surface area contributed by atoms with Gasteiger partial charge in [-0.3, -0.25) is 4.79 Å². The molecule has 0 aliphatic heterocycles. The highest BCUT2D eigenvalue weighted by Crippen LogP contribution is 2.29. The van der Waals surface area contributed by atoms with Gasteiger partial charge in [-0.15, -0.1) is 0 Å². The molecule has 0 aromatic rings. The van der Waals surface area contributed by atoms with Crippen molar-refractivity contribution in [3.05, 3.63) is 12.2 Å². The third-order valence-electron chi connectivity index (χ3n) is 2.58. The Morgan fingerprint density at radius 3 is 2.75 bits per heavy atom. The Morgan fingerprint density at radius 2 is 2.17 bits per heavy atom. The van der Waals surface area contributed by atoms with Crippen LogP contribution in [0, 0.1) is 11.8 Å². The van der Waals surface area contributed by atoms with Crippen molar-refractivity contribution in [2.45, 2.75) is 39.5 Å². The summed E-state index contributed by atoms with van der Waals surface area (Å²) in [6.45, 7) is 3.91. The van der Waals surface area contributed by atoms with Crippen molar-refractivity contribution >= 4 is 5.78 Å². The summed E-state index contributed by atoms with van der Waals surface area (Å²) >= 11 is 0. The second-order valence-electron chi connectivity index (χ2n) is 4.00. The molecule has 0 aromatic carbocycles. The summed E-state index contributed by atoms with van der Waals surface area (Å²) in [5, 5.41) is 0. The smallest absolute Gasteiger partial charge is 0.152 e. The first-order valence-electron chi connectivity index (χ1n) is 4.87. The van der Waals surface area contributed by atoms with Crippen molar-refractivity contribution in [3.8, 4) is 0 Å². The molecule has 0 saturated heterocycles. The van der Waals surface area contributed by atoms with E-state index in [1.807, 2.05) is 0 Å².